The Kier molecular flexibility index (Phi) is 3.41. The lowest BCUT2D eigenvalue weighted by molar-refractivity contribution is 0.0689. The summed E-state index contributed by atoms with van der Waals surface area (Å²) in [6.45, 7) is 3.63. The van der Waals surface area contributed by atoms with Crippen molar-refractivity contribution in [1.29, 1.82) is 0 Å². The molecule has 23 heavy (non-hydrogen) atoms. The van der Waals surface area contributed by atoms with Gasteiger partial charge >= 0.3 is 0 Å². The number of rotatable bonds is 2. The zero-order chi connectivity index (χ0) is 15.8. The number of carbonyl (C=O) groups excluding carboxylic acids is 1. The standard InChI is InChI=1S/C18H20N4O/c1-13-2-3-14-11-17(20-16(14)10-13)18(23)21-7-4-15(5-8-21)22-9-6-19-12-22/h2-3,6,9-12,15,20H,4-5,7-8H2,1H3. The first kappa shape index (κ1) is 14.1. The van der Waals surface area contributed by atoms with E-state index in [0.717, 1.165) is 36.8 Å². The Morgan fingerprint density at radius 1 is 1.26 bits per heavy atom. The van der Waals surface area contributed by atoms with Crippen LogP contribution in [0.4, 0.5) is 0 Å². The predicted molar refractivity (Wildman–Crippen MR) is 89.4 cm³/mol. The third-order valence-electron chi connectivity index (χ3n) is 4.71. The highest BCUT2D eigenvalue weighted by molar-refractivity contribution is 5.98. The number of benzene rings is 1. The summed E-state index contributed by atoms with van der Waals surface area (Å²) in [5.74, 6) is 0.0999. The lowest BCUT2D eigenvalue weighted by Gasteiger charge is -2.32. The maximum Gasteiger partial charge on any atom is 0.270 e. The van der Waals surface area contributed by atoms with Crippen LogP contribution in [-0.4, -0.2) is 38.4 Å². The predicted octanol–water partition coefficient (Wildman–Crippen LogP) is 3.15. The first-order valence-electron chi connectivity index (χ1n) is 8.07. The fourth-order valence-corrected chi connectivity index (χ4v) is 3.38. The molecular weight excluding hydrogens is 288 g/mol. The summed E-state index contributed by atoms with van der Waals surface area (Å²) in [6, 6.07) is 8.62. The highest BCUT2D eigenvalue weighted by atomic mass is 16.2. The van der Waals surface area contributed by atoms with E-state index in [0.29, 0.717) is 11.7 Å². The highest BCUT2D eigenvalue weighted by Crippen LogP contribution is 2.24. The number of amides is 1. The second kappa shape index (κ2) is 5.57. The molecule has 0 spiro atoms. The van der Waals surface area contributed by atoms with Gasteiger partial charge in [0.2, 0.25) is 0 Å². The van der Waals surface area contributed by atoms with Crippen molar-refractivity contribution in [3.8, 4) is 0 Å². The number of H-pyrrole nitrogens is 1. The second-order valence-electron chi connectivity index (χ2n) is 6.31. The number of aromatic nitrogens is 3. The molecular formula is C18H20N4O. The van der Waals surface area contributed by atoms with Gasteiger partial charge in [-0.3, -0.25) is 4.79 Å². The number of nitrogens with zero attached hydrogens (tertiary/aromatic N) is 3. The van der Waals surface area contributed by atoms with Crippen LogP contribution in [0.5, 0.6) is 0 Å². The number of nitrogens with one attached hydrogen (secondary N) is 1. The fourth-order valence-electron chi connectivity index (χ4n) is 3.38. The van der Waals surface area contributed by atoms with Crippen LogP contribution in [0.1, 0.15) is 34.9 Å². The molecule has 1 amide bonds. The third kappa shape index (κ3) is 2.63. The molecule has 0 unspecified atom stereocenters. The summed E-state index contributed by atoms with van der Waals surface area (Å²) in [4.78, 5) is 22.0. The number of likely N-dealkylation sites (tertiary alicyclic amines) is 1. The van der Waals surface area contributed by atoms with Gasteiger partial charge in [-0.1, -0.05) is 12.1 Å². The Labute approximate surface area is 134 Å². The van der Waals surface area contributed by atoms with E-state index < -0.39 is 0 Å². The number of aryl methyl sites for hydroxylation is 1. The topological polar surface area (TPSA) is 53.9 Å². The van der Waals surface area contributed by atoms with E-state index in [1.54, 1.807) is 0 Å². The van der Waals surface area contributed by atoms with Gasteiger partial charge in [-0.15, -0.1) is 0 Å². The molecule has 0 bridgehead atoms. The van der Waals surface area contributed by atoms with E-state index in [2.05, 4.69) is 39.7 Å². The zero-order valence-electron chi connectivity index (χ0n) is 13.2. The Morgan fingerprint density at radius 3 is 2.83 bits per heavy atom. The summed E-state index contributed by atoms with van der Waals surface area (Å²) in [5.41, 5.74) is 2.91. The maximum atomic E-state index is 12.7. The number of imidazole rings is 1. The number of aromatic amines is 1. The van der Waals surface area contributed by atoms with Gasteiger partial charge in [-0.2, -0.15) is 0 Å². The van der Waals surface area contributed by atoms with E-state index in [1.807, 2.05) is 29.7 Å². The largest absolute Gasteiger partial charge is 0.351 e. The summed E-state index contributed by atoms with van der Waals surface area (Å²) in [6.07, 6.45) is 7.62. The molecule has 118 valence electrons. The molecule has 1 aliphatic heterocycles. The molecule has 5 nitrogen and oxygen atoms in total. The first-order valence-corrected chi connectivity index (χ1v) is 8.07. The van der Waals surface area contributed by atoms with Gasteiger partial charge in [0.05, 0.1) is 6.33 Å². The second-order valence-corrected chi connectivity index (χ2v) is 6.31. The maximum absolute atomic E-state index is 12.7. The Morgan fingerprint density at radius 2 is 2.09 bits per heavy atom. The number of fused-ring (bicyclic) bond motifs is 1. The minimum atomic E-state index is 0.0999. The number of hydrogen-bond acceptors (Lipinski definition) is 2. The van der Waals surface area contributed by atoms with E-state index in [1.165, 1.54) is 5.56 Å². The summed E-state index contributed by atoms with van der Waals surface area (Å²) < 4.78 is 2.15. The van der Waals surface area contributed by atoms with Crippen LogP contribution in [0, 0.1) is 6.92 Å². The van der Waals surface area contributed by atoms with Gasteiger partial charge in [-0.25, -0.2) is 4.98 Å². The molecule has 1 N–H and O–H groups in total. The molecule has 4 rings (SSSR count). The van der Waals surface area contributed by atoms with Crippen LogP contribution < -0.4 is 0 Å². The summed E-state index contributed by atoms with van der Waals surface area (Å²) >= 11 is 0. The average molecular weight is 308 g/mol. The first-order chi connectivity index (χ1) is 11.2. The van der Waals surface area contributed by atoms with Crippen molar-refractivity contribution in [2.45, 2.75) is 25.8 Å². The molecule has 2 aromatic heterocycles. The van der Waals surface area contributed by atoms with Crippen molar-refractivity contribution in [1.82, 2.24) is 19.4 Å². The Bertz CT molecular complexity index is 826. The van der Waals surface area contributed by atoms with Crippen LogP contribution >= 0.6 is 0 Å². The number of piperidine rings is 1. The molecule has 3 aromatic rings. The molecule has 1 saturated heterocycles. The van der Waals surface area contributed by atoms with Gasteiger partial charge < -0.3 is 14.5 Å². The summed E-state index contributed by atoms with van der Waals surface area (Å²) in [7, 11) is 0. The van der Waals surface area contributed by atoms with Crippen molar-refractivity contribution in [3.05, 3.63) is 54.2 Å². The quantitative estimate of drug-likeness (QED) is 0.790. The van der Waals surface area contributed by atoms with Crippen molar-refractivity contribution >= 4 is 16.8 Å². The smallest absolute Gasteiger partial charge is 0.270 e. The van der Waals surface area contributed by atoms with Crippen LogP contribution in [0.3, 0.4) is 0 Å². The molecule has 0 saturated carbocycles. The lowest BCUT2D eigenvalue weighted by atomic mass is 10.0. The molecule has 0 aliphatic carbocycles. The van der Waals surface area contributed by atoms with Crippen LogP contribution in [-0.2, 0) is 0 Å². The molecule has 1 fully saturated rings. The van der Waals surface area contributed by atoms with E-state index in [4.69, 9.17) is 0 Å². The minimum Gasteiger partial charge on any atom is -0.351 e. The SMILES string of the molecule is Cc1ccc2cc(C(=O)N3CCC(n4ccnc4)CC3)[nH]c2c1. The van der Waals surface area contributed by atoms with Crippen LogP contribution in [0.25, 0.3) is 10.9 Å². The fraction of sp³-hybridized carbons (Fsp3) is 0.333. The van der Waals surface area contributed by atoms with Crippen molar-refractivity contribution in [3.63, 3.8) is 0 Å². The van der Waals surface area contributed by atoms with E-state index in [9.17, 15) is 4.79 Å². The normalized spacial score (nSPS) is 16.1. The monoisotopic (exact) mass is 308 g/mol. The summed E-state index contributed by atoms with van der Waals surface area (Å²) in [5, 5.41) is 1.09. The molecule has 5 heteroatoms. The van der Waals surface area contributed by atoms with E-state index in [-0.39, 0.29) is 5.91 Å². The van der Waals surface area contributed by atoms with Gasteiger partial charge in [0.25, 0.3) is 5.91 Å². The molecule has 0 radical (unpaired) electrons. The molecule has 0 atom stereocenters. The number of carbonyl (C=O) groups is 1. The third-order valence-corrected chi connectivity index (χ3v) is 4.71. The van der Waals surface area contributed by atoms with Gasteiger partial charge in [0, 0.05) is 42.4 Å². The van der Waals surface area contributed by atoms with Crippen molar-refractivity contribution in [2.75, 3.05) is 13.1 Å². The van der Waals surface area contributed by atoms with Crippen LogP contribution in [0.2, 0.25) is 0 Å². The highest BCUT2D eigenvalue weighted by Gasteiger charge is 2.25. The van der Waals surface area contributed by atoms with Crippen molar-refractivity contribution < 1.29 is 4.79 Å². The number of hydrogen-bond donors (Lipinski definition) is 1. The zero-order valence-corrected chi connectivity index (χ0v) is 13.2. The van der Waals surface area contributed by atoms with E-state index >= 15 is 0 Å². The minimum absolute atomic E-state index is 0.0999. The Balaban J connectivity index is 1.48. The average Bonchev–Trinajstić information content (AvgIpc) is 3.23. The van der Waals surface area contributed by atoms with Gasteiger partial charge in [0.15, 0.2) is 0 Å². The Hall–Kier alpha value is -2.56. The molecule has 3 heterocycles. The van der Waals surface area contributed by atoms with Gasteiger partial charge in [0.1, 0.15) is 5.69 Å². The molecule has 1 aromatic carbocycles. The lowest BCUT2D eigenvalue weighted by Crippen LogP contribution is -2.39. The van der Waals surface area contributed by atoms with Crippen molar-refractivity contribution in [2.24, 2.45) is 0 Å². The van der Waals surface area contributed by atoms with Gasteiger partial charge in [-0.05, 0) is 37.5 Å². The molecule has 1 aliphatic rings. The van der Waals surface area contributed by atoms with Crippen LogP contribution in [0.15, 0.2) is 43.0 Å².